The standard InChI is InChI=1S/C30H36F6N6O4/c1-5-23-11-24(17-42(23)27(45)46-7-6-28(2,3)25(43)44)41(26-39-14-20(15-40-26)19(12-37)13-38-4)16-18-8-21(29(31,32)33)10-22(9-18)30(34,35)36/h8-10,12-15,19,23-24,37H,5-7,11,16-17H2,1-4H3,(H,43,44). The van der Waals surface area contributed by atoms with Crippen molar-refractivity contribution < 1.29 is 45.8 Å². The van der Waals surface area contributed by atoms with Crippen LogP contribution in [0, 0.1) is 10.8 Å². The third-order valence-electron chi connectivity index (χ3n) is 7.86. The lowest BCUT2D eigenvalue weighted by Crippen LogP contribution is -2.40. The van der Waals surface area contributed by atoms with Gasteiger partial charge in [0.1, 0.15) is 0 Å². The van der Waals surface area contributed by atoms with Crippen molar-refractivity contribution in [2.45, 2.75) is 76.9 Å². The highest BCUT2D eigenvalue weighted by Crippen LogP contribution is 2.37. The molecule has 16 heteroatoms. The minimum absolute atomic E-state index is 0.00911. The van der Waals surface area contributed by atoms with Gasteiger partial charge in [-0.15, -0.1) is 0 Å². The van der Waals surface area contributed by atoms with Crippen LogP contribution in [-0.2, 0) is 28.4 Å². The molecular formula is C30H36F6N6O4. The molecule has 0 saturated carbocycles. The molecule has 3 unspecified atom stereocenters. The van der Waals surface area contributed by atoms with E-state index in [9.17, 15) is 41.0 Å². The molecule has 1 fully saturated rings. The lowest BCUT2D eigenvalue weighted by molar-refractivity contribution is -0.148. The van der Waals surface area contributed by atoms with Crippen LogP contribution in [0.15, 0.2) is 35.6 Å². The van der Waals surface area contributed by atoms with Gasteiger partial charge < -0.3 is 25.1 Å². The molecule has 0 aliphatic carbocycles. The zero-order valence-corrected chi connectivity index (χ0v) is 25.7. The van der Waals surface area contributed by atoms with Gasteiger partial charge in [0.05, 0.1) is 35.1 Å². The molecule has 1 aromatic carbocycles. The Hall–Kier alpha value is -4.24. The molecule has 252 valence electrons. The molecule has 1 amide bonds. The van der Waals surface area contributed by atoms with Gasteiger partial charge in [0.2, 0.25) is 5.95 Å². The number of aliphatic imine (C=N–C) groups is 1. The highest BCUT2D eigenvalue weighted by Gasteiger charge is 2.41. The summed E-state index contributed by atoms with van der Waals surface area (Å²) in [4.78, 5) is 39.9. The normalized spacial score (nSPS) is 18.1. The van der Waals surface area contributed by atoms with Crippen LogP contribution in [0.2, 0.25) is 0 Å². The molecule has 1 aliphatic heterocycles. The van der Waals surface area contributed by atoms with E-state index in [0.717, 1.165) is 6.21 Å². The number of alkyl halides is 6. The van der Waals surface area contributed by atoms with E-state index in [-0.39, 0.29) is 43.6 Å². The predicted octanol–water partition coefficient (Wildman–Crippen LogP) is 6.44. The highest BCUT2D eigenvalue weighted by atomic mass is 19.4. The quantitative estimate of drug-likeness (QED) is 0.198. The Balaban J connectivity index is 1.99. The number of carbonyl (C=O) groups excluding carboxylic acids is 1. The first-order valence-electron chi connectivity index (χ1n) is 14.4. The Morgan fingerprint density at radius 1 is 1.13 bits per heavy atom. The maximum atomic E-state index is 13.6. The molecule has 1 aromatic heterocycles. The first kappa shape index (κ1) is 36.2. The van der Waals surface area contributed by atoms with Crippen LogP contribution in [-0.4, -0.2) is 76.7 Å². The number of nitrogens with one attached hydrogen (secondary N) is 1. The fourth-order valence-electron chi connectivity index (χ4n) is 5.02. The van der Waals surface area contributed by atoms with Crippen LogP contribution in [0.3, 0.4) is 0 Å². The zero-order valence-electron chi connectivity index (χ0n) is 25.7. The third-order valence-corrected chi connectivity index (χ3v) is 7.86. The topological polar surface area (TPSA) is 132 Å². The number of rotatable bonds is 12. The summed E-state index contributed by atoms with van der Waals surface area (Å²) in [6.45, 7) is 4.15. The van der Waals surface area contributed by atoms with Crippen LogP contribution in [0.4, 0.5) is 37.1 Å². The highest BCUT2D eigenvalue weighted by molar-refractivity contribution is 5.88. The predicted molar refractivity (Wildman–Crippen MR) is 157 cm³/mol. The number of anilines is 1. The Morgan fingerprint density at radius 2 is 1.72 bits per heavy atom. The molecule has 1 saturated heterocycles. The van der Waals surface area contributed by atoms with E-state index in [1.807, 2.05) is 6.92 Å². The van der Waals surface area contributed by atoms with Crippen molar-refractivity contribution >= 4 is 30.4 Å². The second kappa shape index (κ2) is 14.5. The second-order valence-electron chi connectivity index (χ2n) is 11.6. The summed E-state index contributed by atoms with van der Waals surface area (Å²) in [6.07, 6.45) is -4.67. The van der Waals surface area contributed by atoms with Crippen LogP contribution in [0.25, 0.3) is 0 Å². The minimum Gasteiger partial charge on any atom is -0.481 e. The van der Waals surface area contributed by atoms with Gasteiger partial charge >= 0.3 is 24.4 Å². The van der Waals surface area contributed by atoms with E-state index in [4.69, 9.17) is 10.1 Å². The Bertz CT molecular complexity index is 1380. The number of aliphatic carboxylic acids is 1. The monoisotopic (exact) mass is 658 g/mol. The van der Waals surface area contributed by atoms with Gasteiger partial charge in [0, 0.05) is 56.6 Å². The Labute approximate surface area is 262 Å². The fourth-order valence-corrected chi connectivity index (χ4v) is 5.02. The number of carbonyl (C=O) groups is 2. The summed E-state index contributed by atoms with van der Waals surface area (Å²) in [6, 6.07) is 0.294. The maximum absolute atomic E-state index is 13.6. The van der Waals surface area contributed by atoms with E-state index in [2.05, 4.69) is 15.0 Å². The van der Waals surface area contributed by atoms with Crippen molar-refractivity contribution in [1.29, 1.82) is 5.41 Å². The van der Waals surface area contributed by atoms with Gasteiger partial charge in [0.15, 0.2) is 0 Å². The lowest BCUT2D eigenvalue weighted by atomic mass is 9.90. The number of ether oxygens (including phenoxy) is 1. The van der Waals surface area contributed by atoms with Gasteiger partial charge in [-0.1, -0.05) is 6.92 Å². The van der Waals surface area contributed by atoms with Crippen LogP contribution in [0.5, 0.6) is 0 Å². The summed E-state index contributed by atoms with van der Waals surface area (Å²) in [7, 11) is 1.52. The molecular weight excluding hydrogens is 622 g/mol. The first-order valence-corrected chi connectivity index (χ1v) is 14.4. The largest absolute Gasteiger partial charge is 0.481 e. The minimum atomic E-state index is -5.04. The summed E-state index contributed by atoms with van der Waals surface area (Å²) < 4.78 is 87.2. The first-order chi connectivity index (χ1) is 21.4. The fraction of sp³-hybridized carbons (Fsp3) is 0.533. The second-order valence-corrected chi connectivity index (χ2v) is 11.6. The van der Waals surface area contributed by atoms with Crippen molar-refractivity contribution in [3.63, 3.8) is 0 Å². The van der Waals surface area contributed by atoms with E-state index in [1.165, 1.54) is 49.3 Å². The third kappa shape index (κ3) is 8.94. The molecule has 0 bridgehead atoms. The molecule has 3 atom stereocenters. The molecule has 2 heterocycles. The van der Waals surface area contributed by atoms with Crippen LogP contribution >= 0.6 is 0 Å². The van der Waals surface area contributed by atoms with Crippen molar-refractivity contribution in [2.75, 3.05) is 25.1 Å². The number of halogens is 6. The lowest BCUT2D eigenvalue weighted by Gasteiger charge is -2.30. The average molecular weight is 659 g/mol. The van der Waals surface area contributed by atoms with Crippen molar-refractivity contribution in [2.24, 2.45) is 10.4 Å². The molecule has 3 rings (SSSR count). The Morgan fingerprint density at radius 3 is 2.20 bits per heavy atom. The van der Waals surface area contributed by atoms with Crippen LogP contribution < -0.4 is 4.90 Å². The van der Waals surface area contributed by atoms with Gasteiger partial charge in [-0.2, -0.15) is 26.3 Å². The van der Waals surface area contributed by atoms with E-state index in [1.54, 1.807) is 0 Å². The SMILES string of the molecule is CCC1CC(N(Cc2cc(C(F)(F)F)cc(C(F)(F)F)c2)c2ncc(C(C=N)C=NC)cn2)CN1C(=O)OCCC(C)(C)C(=O)O. The van der Waals surface area contributed by atoms with Crippen molar-refractivity contribution in [3.05, 3.63) is 52.8 Å². The van der Waals surface area contributed by atoms with Crippen molar-refractivity contribution in [1.82, 2.24) is 14.9 Å². The van der Waals surface area contributed by atoms with Gasteiger partial charge in [-0.25, -0.2) is 14.8 Å². The molecule has 2 N–H and O–H groups in total. The maximum Gasteiger partial charge on any atom is 0.416 e. The van der Waals surface area contributed by atoms with E-state index in [0.29, 0.717) is 24.1 Å². The smallest absolute Gasteiger partial charge is 0.416 e. The summed E-state index contributed by atoms with van der Waals surface area (Å²) in [5.74, 6) is -1.63. The van der Waals surface area contributed by atoms with Gasteiger partial charge in [-0.3, -0.25) is 9.79 Å². The number of hydrogen-bond donors (Lipinski definition) is 2. The molecule has 2 aromatic rings. The van der Waals surface area contributed by atoms with Gasteiger partial charge in [-0.05, 0) is 56.9 Å². The zero-order chi connectivity index (χ0) is 34.4. The number of hydrogen-bond acceptors (Lipinski definition) is 8. The molecule has 0 spiro atoms. The number of aromatic nitrogens is 2. The molecule has 1 aliphatic rings. The number of likely N-dealkylation sites (tertiary alicyclic amines) is 1. The van der Waals surface area contributed by atoms with Crippen molar-refractivity contribution in [3.8, 4) is 0 Å². The Kier molecular flexibility index (Phi) is 11.4. The summed E-state index contributed by atoms with van der Waals surface area (Å²) in [5.41, 5.74) is -3.88. The van der Waals surface area contributed by atoms with Gasteiger partial charge in [0.25, 0.3) is 0 Å². The van der Waals surface area contributed by atoms with E-state index >= 15 is 0 Å². The summed E-state index contributed by atoms with van der Waals surface area (Å²) in [5, 5.41) is 17.0. The number of carboxylic acid groups (broad SMARTS) is 1. The number of amides is 1. The molecule has 46 heavy (non-hydrogen) atoms. The number of nitrogens with zero attached hydrogens (tertiary/aromatic N) is 5. The average Bonchev–Trinajstić information content (AvgIpc) is 3.42. The summed E-state index contributed by atoms with van der Waals surface area (Å²) >= 11 is 0. The molecule has 10 nitrogen and oxygen atoms in total. The number of carboxylic acids is 1. The number of benzene rings is 1. The van der Waals surface area contributed by atoms with E-state index < -0.39 is 65.5 Å². The van der Waals surface area contributed by atoms with Crippen LogP contribution in [0.1, 0.15) is 68.2 Å². The molecule has 0 radical (unpaired) electrons.